The highest BCUT2D eigenvalue weighted by atomic mass is 19.4. The molecule has 3 aromatic rings. The van der Waals surface area contributed by atoms with E-state index in [1.54, 1.807) is 4.90 Å². The van der Waals surface area contributed by atoms with Crippen molar-refractivity contribution in [1.82, 2.24) is 25.0 Å². The average molecular weight is 517 g/mol. The van der Waals surface area contributed by atoms with Crippen LogP contribution in [0, 0.1) is 5.92 Å². The molecule has 1 aliphatic rings. The Bertz CT molecular complexity index is 1260. The molecule has 1 saturated heterocycles. The molecule has 0 spiro atoms. The van der Waals surface area contributed by atoms with Crippen molar-refractivity contribution in [3.8, 4) is 6.01 Å². The van der Waals surface area contributed by atoms with Crippen molar-refractivity contribution in [2.24, 2.45) is 11.7 Å². The number of anilines is 1. The maximum Gasteiger partial charge on any atom is 0.425 e. The molecule has 0 aliphatic carbocycles. The smallest absolute Gasteiger partial charge is 0.425 e. The number of alkyl halides is 6. The molecule has 0 unspecified atom stereocenters. The molecule has 15 heteroatoms. The number of carbonyl (C=O) groups excluding carboxylic acids is 1. The number of nitrogens with zero attached hydrogens (tertiary/aromatic N) is 6. The molecule has 36 heavy (non-hydrogen) atoms. The zero-order valence-corrected chi connectivity index (χ0v) is 18.8. The number of nitrogens with two attached hydrogens (primary N) is 1. The predicted molar refractivity (Wildman–Crippen MR) is 114 cm³/mol. The molecule has 0 radical (unpaired) electrons. The fourth-order valence-corrected chi connectivity index (χ4v) is 3.95. The molecule has 1 amide bonds. The molecule has 2 aromatic heterocycles. The summed E-state index contributed by atoms with van der Waals surface area (Å²) >= 11 is 0. The van der Waals surface area contributed by atoms with E-state index in [-0.39, 0.29) is 41.4 Å². The highest BCUT2D eigenvalue weighted by Gasteiger charge is 2.39. The normalized spacial score (nSPS) is 17.5. The van der Waals surface area contributed by atoms with Gasteiger partial charge in [-0.05, 0) is 30.9 Å². The summed E-state index contributed by atoms with van der Waals surface area (Å²) in [7, 11) is 0. The quantitative estimate of drug-likeness (QED) is 0.479. The van der Waals surface area contributed by atoms with Crippen LogP contribution in [0.25, 0.3) is 11.2 Å². The van der Waals surface area contributed by atoms with Gasteiger partial charge in [-0.2, -0.15) is 41.1 Å². The Hall–Kier alpha value is -3.65. The van der Waals surface area contributed by atoms with Crippen LogP contribution in [0.3, 0.4) is 0 Å². The van der Waals surface area contributed by atoms with Crippen molar-refractivity contribution in [3.05, 3.63) is 35.4 Å². The standard InChI is InChI=1S/C21H21F6N7O2/c1-11(20(22,23)24)36-19-29-17-16(18(30-19)33-7-6-12(9-33)8-15(28)35)31-34(32-17)10-13-4-2-3-5-14(13)21(25,26)27/h2-5,11-12H,6-10H2,1H3,(H2,28,35)/t11-,12-/m0/s1. The van der Waals surface area contributed by atoms with Crippen LogP contribution in [0.4, 0.5) is 32.2 Å². The predicted octanol–water partition coefficient (Wildman–Crippen LogP) is 3.32. The summed E-state index contributed by atoms with van der Waals surface area (Å²) in [5.41, 5.74) is 4.23. The number of halogens is 6. The lowest BCUT2D eigenvalue weighted by molar-refractivity contribution is -0.190. The SMILES string of the molecule is C[C@H](Oc1nc(N2CC[C@@H](CC(N)=O)C2)c2nn(Cc3ccccc3C(F)(F)F)nc2n1)C(F)(F)F. The third-order valence-corrected chi connectivity index (χ3v) is 5.71. The minimum Gasteiger partial charge on any atom is -0.451 e. The zero-order valence-electron chi connectivity index (χ0n) is 18.8. The van der Waals surface area contributed by atoms with Gasteiger partial charge in [0.05, 0.1) is 12.1 Å². The number of rotatable bonds is 7. The lowest BCUT2D eigenvalue weighted by atomic mass is 10.1. The molecule has 2 atom stereocenters. The molecule has 4 rings (SSSR count). The van der Waals surface area contributed by atoms with Crippen molar-refractivity contribution in [3.63, 3.8) is 0 Å². The Labute approximate surface area is 200 Å². The fraction of sp³-hybridized carbons (Fsp3) is 0.476. The van der Waals surface area contributed by atoms with Gasteiger partial charge >= 0.3 is 18.4 Å². The number of primary amides is 1. The van der Waals surface area contributed by atoms with E-state index in [1.807, 2.05) is 0 Å². The summed E-state index contributed by atoms with van der Waals surface area (Å²) in [6, 6.07) is 4.29. The fourth-order valence-electron chi connectivity index (χ4n) is 3.95. The number of carbonyl (C=O) groups is 1. The van der Waals surface area contributed by atoms with E-state index >= 15 is 0 Å². The summed E-state index contributed by atoms with van der Waals surface area (Å²) < 4.78 is 84.2. The number of hydrogen-bond donors (Lipinski definition) is 1. The Morgan fingerprint density at radius 1 is 1.17 bits per heavy atom. The van der Waals surface area contributed by atoms with Crippen molar-refractivity contribution in [2.75, 3.05) is 18.0 Å². The van der Waals surface area contributed by atoms with Gasteiger partial charge in [-0.25, -0.2) is 0 Å². The third kappa shape index (κ3) is 5.60. The lowest BCUT2D eigenvalue weighted by Gasteiger charge is -2.20. The van der Waals surface area contributed by atoms with Gasteiger partial charge in [0.15, 0.2) is 17.4 Å². The van der Waals surface area contributed by atoms with Crippen LogP contribution >= 0.6 is 0 Å². The van der Waals surface area contributed by atoms with Crippen LogP contribution in [0.2, 0.25) is 0 Å². The Morgan fingerprint density at radius 3 is 2.56 bits per heavy atom. The van der Waals surface area contributed by atoms with E-state index in [0.717, 1.165) is 17.8 Å². The van der Waals surface area contributed by atoms with Crippen LogP contribution in [-0.2, 0) is 17.5 Å². The molecule has 1 aromatic carbocycles. The maximum atomic E-state index is 13.4. The molecule has 0 bridgehead atoms. The molecule has 1 aliphatic heterocycles. The van der Waals surface area contributed by atoms with Crippen LogP contribution in [0.5, 0.6) is 6.01 Å². The lowest BCUT2D eigenvalue weighted by Crippen LogP contribution is -2.32. The largest absolute Gasteiger partial charge is 0.451 e. The molecule has 194 valence electrons. The number of fused-ring (bicyclic) bond motifs is 1. The van der Waals surface area contributed by atoms with Crippen molar-refractivity contribution in [1.29, 1.82) is 0 Å². The van der Waals surface area contributed by atoms with Crippen LogP contribution in [0.15, 0.2) is 24.3 Å². The minimum absolute atomic E-state index is 0.0752. The topological polar surface area (TPSA) is 112 Å². The van der Waals surface area contributed by atoms with Crippen molar-refractivity contribution in [2.45, 2.75) is 44.8 Å². The maximum absolute atomic E-state index is 13.4. The van der Waals surface area contributed by atoms with E-state index in [4.69, 9.17) is 10.5 Å². The van der Waals surface area contributed by atoms with E-state index in [1.165, 1.54) is 18.2 Å². The second-order valence-corrected chi connectivity index (χ2v) is 8.46. The van der Waals surface area contributed by atoms with E-state index in [0.29, 0.717) is 19.5 Å². The highest BCUT2D eigenvalue weighted by Crippen LogP contribution is 2.33. The zero-order chi connectivity index (χ0) is 26.3. The molecule has 3 heterocycles. The van der Waals surface area contributed by atoms with Crippen LogP contribution < -0.4 is 15.4 Å². The van der Waals surface area contributed by atoms with Gasteiger partial charge in [0.2, 0.25) is 11.6 Å². The first kappa shape index (κ1) is 25.4. The number of amides is 1. The Balaban J connectivity index is 1.72. The van der Waals surface area contributed by atoms with Crippen LogP contribution in [0.1, 0.15) is 30.9 Å². The van der Waals surface area contributed by atoms with Gasteiger partial charge in [0.1, 0.15) is 0 Å². The molecule has 9 nitrogen and oxygen atoms in total. The monoisotopic (exact) mass is 517 g/mol. The number of ether oxygens (including phenoxy) is 1. The second-order valence-electron chi connectivity index (χ2n) is 8.46. The van der Waals surface area contributed by atoms with E-state index in [9.17, 15) is 31.1 Å². The number of benzene rings is 1. The summed E-state index contributed by atoms with van der Waals surface area (Å²) in [5, 5.41) is 8.32. The average Bonchev–Trinajstić information content (AvgIpc) is 3.38. The molecule has 1 fully saturated rings. The third-order valence-electron chi connectivity index (χ3n) is 5.71. The van der Waals surface area contributed by atoms with E-state index < -0.39 is 35.9 Å². The first-order valence-electron chi connectivity index (χ1n) is 10.9. The van der Waals surface area contributed by atoms with E-state index in [2.05, 4.69) is 20.2 Å². The van der Waals surface area contributed by atoms with Gasteiger partial charge < -0.3 is 15.4 Å². The van der Waals surface area contributed by atoms with Gasteiger partial charge in [-0.1, -0.05) is 18.2 Å². The van der Waals surface area contributed by atoms with Gasteiger partial charge in [0, 0.05) is 19.5 Å². The molecule has 2 N–H and O–H groups in total. The highest BCUT2D eigenvalue weighted by molar-refractivity contribution is 5.83. The Morgan fingerprint density at radius 2 is 1.89 bits per heavy atom. The summed E-state index contributed by atoms with van der Waals surface area (Å²) in [6.45, 7) is 1.12. The van der Waals surface area contributed by atoms with Crippen molar-refractivity contribution >= 4 is 22.9 Å². The van der Waals surface area contributed by atoms with Gasteiger partial charge in [0.25, 0.3) is 0 Å². The Kier molecular flexibility index (Phi) is 6.66. The van der Waals surface area contributed by atoms with Crippen molar-refractivity contribution < 1.29 is 35.9 Å². The van der Waals surface area contributed by atoms with Gasteiger partial charge in [-0.15, -0.1) is 10.2 Å². The second kappa shape index (κ2) is 9.43. The summed E-state index contributed by atoms with van der Waals surface area (Å²) in [4.78, 5) is 22.0. The number of aromatic nitrogens is 5. The first-order chi connectivity index (χ1) is 16.8. The molecular weight excluding hydrogens is 496 g/mol. The van der Waals surface area contributed by atoms with Crippen LogP contribution in [-0.4, -0.2) is 56.2 Å². The number of hydrogen-bond acceptors (Lipinski definition) is 7. The molecule has 0 saturated carbocycles. The minimum atomic E-state index is -4.68. The summed E-state index contributed by atoms with van der Waals surface area (Å²) in [5.74, 6) is -0.502. The molecular formula is C21H21F6N7O2. The van der Waals surface area contributed by atoms with Gasteiger partial charge in [-0.3, -0.25) is 4.79 Å². The first-order valence-corrected chi connectivity index (χ1v) is 10.9. The summed E-state index contributed by atoms with van der Waals surface area (Å²) in [6.07, 6.45) is -10.8.